The fourth-order valence-corrected chi connectivity index (χ4v) is 2.52. The van der Waals surface area contributed by atoms with Gasteiger partial charge in [0.15, 0.2) is 0 Å². The molecule has 1 saturated carbocycles. The van der Waals surface area contributed by atoms with Crippen LogP contribution in [0.2, 0.25) is 0 Å². The van der Waals surface area contributed by atoms with Gasteiger partial charge in [0.25, 0.3) is 0 Å². The first-order valence-electron chi connectivity index (χ1n) is 5.34. The topological polar surface area (TPSA) is 37.3 Å². The molecule has 0 heterocycles. The van der Waals surface area contributed by atoms with Crippen LogP contribution in [-0.2, 0) is 4.79 Å². The van der Waals surface area contributed by atoms with E-state index in [1.165, 1.54) is 6.07 Å². The summed E-state index contributed by atoms with van der Waals surface area (Å²) in [5.74, 6) is -1.52. The zero-order valence-corrected chi connectivity index (χ0v) is 9.62. The van der Waals surface area contributed by atoms with E-state index in [1.54, 1.807) is 13.0 Å². The summed E-state index contributed by atoms with van der Waals surface area (Å²) in [4.78, 5) is 11.0. The van der Waals surface area contributed by atoms with Gasteiger partial charge in [0.2, 0.25) is 0 Å². The maximum Gasteiger partial charge on any atom is 0.307 e. The highest BCUT2D eigenvalue weighted by atomic mass is 19.1. The van der Waals surface area contributed by atoms with Gasteiger partial charge < -0.3 is 5.11 Å². The van der Waals surface area contributed by atoms with Crippen LogP contribution in [0, 0.1) is 24.1 Å². The summed E-state index contributed by atoms with van der Waals surface area (Å²) in [6.07, 6.45) is 0. The lowest BCUT2D eigenvalue weighted by molar-refractivity contribution is -0.139. The molecule has 2 nitrogen and oxygen atoms in total. The number of carbonyl (C=O) groups is 1. The average Bonchev–Trinajstić information content (AvgIpc) is 2.74. The third kappa shape index (κ3) is 1.51. The van der Waals surface area contributed by atoms with E-state index >= 15 is 0 Å². The minimum atomic E-state index is -0.795. The van der Waals surface area contributed by atoms with Crippen LogP contribution < -0.4 is 0 Å². The van der Waals surface area contributed by atoms with Crippen molar-refractivity contribution in [1.29, 1.82) is 0 Å². The van der Waals surface area contributed by atoms with Crippen molar-refractivity contribution in [3.05, 3.63) is 35.1 Å². The number of aryl methyl sites for hydroxylation is 1. The summed E-state index contributed by atoms with van der Waals surface area (Å²) in [5, 5.41) is 9.05. The van der Waals surface area contributed by atoms with Gasteiger partial charge in [0.05, 0.1) is 5.92 Å². The van der Waals surface area contributed by atoms with E-state index in [9.17, 15) is 9.18 Å². The fraction of sp³-hybridized carbons (Fsp3) is 0.462. The molecule has 0 unspecified atom stereocenters. The number of carboxylic acid groups (broad SMARTS) is 1. The van der Waals surface area contributed by atoms with Gasteiger partial charge >= 0.3 is 5.97 Å². The zero-order valence-electron chi connectivity index (χ0n) is 9.62. The van der Waals surface area contributed by atoms with Gasteiger partial charge in [-0.15, -0.1) is 0 Å². The quantitative estimate of drug-likeness (QED) is 0.835. The SMILES string of the molecule is Cc1ccc([C@H]2[C@H](C(=O)O)C2(C)C)cc1F. The number of benzene rings is 1. The second kappa shape index (κ2) is 3.30. The number of hydrogen-bond donors (Lipinski definition) is 1. The molecule has 0 amide bonds. The lowest BCUT2D eigenvalue weighted by Gasteiger charge is -2.04. The predicted molar refractivity (Wildman–Crippen MR) is 58.8 cm³/mol. The van der Waals surface area contributed by atoms with Crippen LogP contribution in [0.4, 0.5) is 4.39 Å². The van der Waals surface area contributed by atoms with Crippen molar-refractivity contribution >= 4 is 5.97 Å². The first-order valence-corrected chi connectivity index (χ1v) is 5.34. The molecule has 0 aromatic heterocycles. The molecule has 2 atom stereocenters. The molecule has 1 aromatic rings. The van der Waals surface area contributed by atoms with Crippen molar-refractivity contribution in [3.63, 3.8) is 0 Å². The van der Waals surface area contributed by atoms with E-state index < -0.39 is 11.9 Å². The summed E-state index contributed by atoms with van der Waals surface area (Å²) in [7, 11) is 0. The van der Waals surface area contributed by atoms with Crippen LogP contribution in [0.25, 0.3) is 0 Å². The zero-order chi connectivity index (χ0) is 12.1. The molecule has 1 N–H and O–H groups in total. The van der Waals surface area contributed by atoms with Gasteiger partial charge in [0.1, 0.15) is 5.82 Å². The Morgan fingerprint density at radius 3 is 2.50 bits per heavy atom. The Kier molecular flexibility index (Phi) is 2.30. The van der Waals surface area contributed by atoms with Gasteiger partial charge in [-0.25, -0.2) is 4.39 Å². The van der Waals surface area contributed by atoms with Gasteiger partial charge in [0, 0.05) is 5.92 Å². The average molecular weight is 222 g/mol. The Morgan fingerprint density at radius 1 is 1.44 bits per heavy atom. The van der Waals surface area contributed by atoms with Crippen LogP contribution in [0.15, 0.2) is 18.2 Å². The molecule has 0 aliphatic heterocycles. The second-order valence-corrected chi connectivity index (χ2v) is 5.12. The highest BCUT2D eigenvalue weighted by molar-refractivity contribution is 5.77. The highest BCUT2D eigenvalue weighted by Gasteiger charge is 2.62. The fourth-order valence-electron chi connectivity index (χ4n) is 2.52. The first-order chi connectivity index (χ1) is 7.35. The van der Waals surface area contributed by atoms with E-state index in [1.807, 2.05) is 19.9 Å². The molecular formula is C13H15FO2. The molecule has 0 bridgehead atoms. The Balaban J connectivity index is 2.33. The van der Waals surface area contributed by atoms with E-state index in [4.69, 9.17) is 5.11 Å². The summed E-state index contributed by atoms with van der Waals surface area (Å²) < 4.78 is 13.4. The van der Waals surface area contributed by atoms with Crippen LogP contribution >= 0.6 is 0 Å². The smallest absolute Gasteiger partial charge is 0.307 e. The molecule has 1 aromatic carbocycles. The van der Waals surface area contributed by atoms with E-state index in [2.05, 4.69) is 0 Å². The molecule has 1 aliphatic rings. The summed E-state index contributed by atoms with van der Waals surface area (Å²) in [6, 6.07) is 5.00. The van der Waals surface area contributed by atoms with E-state index in [-0.39, 0.29) is 17.2 Å². The Bertz CT molecular complexity index is 451. The maximum atomic E-state index is 13.4. The molecule has 2 rings (SSSR count). The van der Waals surface area contributed by atoms with Crippen molar-refractivity contribution in [2.75, 3.05) is 0 Å². The third-order valence-corrected chi connectivity index (χ3v) is 3.65. The number of hydrogen-bond acceptors (Lipinski definition) is 1. The molecule has 3 heteroatoms. The second-order valence-electron chi connectivity index (χ2n) is 5.12. The summed E-state index contributed by atoms with van der Waals surface area (Å²) in [6.45, 7) is 5.52. The molecule has 0 spiro atoms. The summed E-state index contributed by atoms with van der Waals surface area (Å²) >= 11 is 0. The third-order valence-electron chi connectivity index (χ3n) is 3.65. The number of rotatable bonds is 2. The maximum absolute atomic E-state index is 13.4. The van der Waals surface area contributed by atoms with Crippen molar-refractivity contribution in [1.82, 2.24) is 0 Å². The first kappa shape index (κ1) is 11.1. The van der Waals surface area contributed by atoms with E-state index in [0.717, 1.165) is 5.56 Å². The van der Waals surface area contributed by atoms with Crippen LogP contribution in [-0.4, -0.2) is 11.1 Å². The molecule has 0 saturated heterocycles. The number of aliphatic carboxylic acids is 1. The van der Waals surface area contributed by atoms with Crippen molar-refractivity contribution in [2.45, 2.75) is 26.7 Å². The summed E-state index contributed by atoms with van der Waals surface area (Å²) in [5.41, 5.74) is 1.11. The van der Waals surface area contributed by atoms with E-state index in [0.29, 0.717) is 5.56 Å². The Hall–Kier alpha value is -1.38. The Labute approximate surface area is 94.1 Å². The number of halogens is 1. The monoisotopic (exact) mass is 222 g/mol. The standard InChI is InChI=1S/C13H15FO2/c1-7-4-5-8(6-9(7)14)10-11(12(15)16)13(10,2)3/h4-6,10-11H,1-3H3,(H,15,16)/t10-,11+/m0/s1. The molecular weight excluding hydrogens is 207 g/mol. The van der Waals surface area contributed by atoms with Gasteiger partial charge in [-0.3, -0.25) is 4.79 Å². The molecule has 0 radical (unpaired) electrons. The molecule has 1 aliphatic carbocycles. The van der Waals surface area contributed by atoms with Gasteiger partial charge in [-0.1, -0.05) is 26.0 Å². The van der Waals surface area contributed by atoms with Crippen LogP contribution in [0.5, 0.6) is 0 Å². The molecule has 16 heavy (non-hydrogen) atoms. The molecule has 1 fully saturated rings. The predicted octanol–water partition coefficient (Wildman–Crippen LogP) is 2.96. The largest absolute Gasteiger partial charge is 0.481 e. The van der Waals surface area contributed by atoms with Crippen LogP contribution in [0.1, 0.15) is 30.9 Å². The van der Waals surface area contributed by atoms with Crippen molar-refractivity contribution in [2.24, 2.45) is 11.3 Å². The van der Waals surface area contributed by atoms with Crippen LogP contribution in [0.3, 0.4) is 0 Å². The number of carboxylic acids is 1. The minimum Gasteiger partial charge on any atom is -0.481 e. The van der Waals surface area contributed by atoms with Gasteiger partial charge in [-0.2, -0.15) is 0 Å². The highest BCUT2D eigenvalue weighted by Crippen LogP contribution is 2.64. The van der Waals surface area contributed by atoms with Crippen molar-refractivity contribution < 1.29 is 14.3 Å². The Morgan fingerprint density at radius 2 is 2.06 bits per heavy atom. The normalized spacial score (nSPS) is 26.5. The van der Waals surface area contributed by atoms with Crippen molar-refractivity contribution in [3.8, 4) is 0 Å². The lowest BCUT2D eigenvalue weighted by Crippen LogP contribution is -2.03. The minimum absolute atomic E-state index is 0.0694. The molecule has 86 valence electrons. The lowest BCUT2D eigenvalue weighted by atomic mass is 10.0. The van der Waals surface area contributed by atoms with Gasteiger partial charge in [-0.05, 0) is 29.5 Å².